The first-order valence-electron chi connectivity index (χ1n) is 26.5. The molecule has 17 N–H and O–H groups in total. The van der Waals surface area contributed by atoms with Gasteiger partial charge in [-0.25, -0.2) is 0 Å². The molecule has 24 heteroatoms. The number of anilines is 4. The van der Waals surface area contributed by atoms with Gasteiger partial charge in [0.15, 0.2) is 6.29 Å². The Labute approximate surface area is 466 Å². The van der Waals surface area contributed by atoms with E-state index in [4.69, 9.17) is 47.6 Å². The first-order chi connectivity index (χ1) is 38.6. The summed E-state index contributed by atoms with van der Waals surface area (Å²) in [4.78, 5) is 109. The summed E-state index contributed by atoms with van der Waals surface area (Å²) in [5.74, 6) is -3.66. The van der Waals surface area contributed by atoms with Gasteiger partial charge in [0.05, 0.1) is 56.7 Å². The molecule has 0 aliphatic heterocycles. The van der Waals surface area contributed by atoms with Crippen molar-refractivity contribution < 1.29 is 57.3 Å². The van der Waals surface area contributed by atoms with Crippen LogP contribution >= 0.6 is 0 Å². The molecule has 4 atom stereocenters. The van der Waals surface area contributed by atoms with Gasteiger partial charge in [-0.15, -0.1) is 0 Å². The fraction of sp³-hybridized carbons (Fsp3) is 0.429. The molecule has 0 saturated heterocycles. The molecule has 0 bridgehead atoms. The van der Waals surface area contributed by atoms with Crippen molar-refractivity contribution >= 4 is 70.4 Å². The first kappa shape index (κ1) is 64.4. The number of nitrogens with two attached hydrogens (primary N) is 5. The highest BCUT2D eigenvalue weighted by Gasteiger charge is 2.29. The second-order valence-corrected chi connectivity index (χ2v) is 18.6. The molecule has 434 valence electrons. The van der Waals surface area contributed by atoms with Gasteiger partial charge < -0.3 is 84.8 Å². The minimum atomic E-state index is -1.16. The number of unbranched alkanes of at least 4 members (excludes halogenated alkanes) is 4. The number of ether oxygens (including phenoxy) is 4. The van der Waals surface area contributed by atoms with Gasteiger partial charge in [-0.05, 0) is 170 Å². The van der Waals surface area contributed by atoms with Crippen LogP contribution in [0.2, 0.25) is 0 Å². The quantitative estimate of drug-likeness (QED) is 0.0232. The number of rotatable bonds is 35. The molecule has 0 saturated carbocycles. The van der Waals surface area contributed by atoms with E-state index >= 15 is 0 Å². The number of nitrogens with one attached hydrogen (secondary N) is 7. The number of aldehydes is 1. The van der Waals surface area contributed by atoms with E-state index in [1.54, 1.807) is 12.1 Å². The van der Waals surface area contributed by atoms with Crippen LogP contribution in [0.15, 0.2) is 72.8 Å². The van der Waals surface area contributed by atoms with Crippen LogP contribution in [0.1, 0.15) is 118 Å². The van der Waals surface area contributed by atoms with Gasteiger partial charge in [-0.1, -0.05) is 6.42 Å². The van der Waals surface area contributed by atoms with Crippen LogP contribution < -0.4 is 84.8 Å². The molecular formula is C56H78N12O12. The standard InChI is InChI=1S/C56H78N12O12/c1-77-46-21-17-35(29-34(46)33-69)63-54(74)43(14-6-10-26-58)66-51(71)40-31-37(19-23-48(40)79-3)65-56(76)45(16-8-12-28-60)68-52(72)41-32-38(20-24-49(41)80-4)64-55(75)44(15-7-11-27-59)67-50(70)39-30-36(18-22-47(39)78-2)62-53(73)42(61)13-5-9-25-57/h17-24,29-33,42-45H,5-16,25-28,57-61H2,1-4H3,(H,62,73)(H,63,74)(H,64,75)(H,65,76)(H,66,71)(H,67,70)(H,68,72)/t42-,43-,44-,45-/m0/s1. The molecule has 0 unspecified atom stereocenters. The Morgan fingerprint density at radius 1 is 0.412 bits per heavy atom. The number of methoxy groups -OCH3 is 4. The largest absolute Gasteiger partial charge is 0.496 e. The monoisotopic (exact) mass is 1110 g/mol. The molecule has 4 aromatic carbocycles. The van der Waals surface area contributed by atoms with Crippen LogP contribution in [0.25, 0.3) is 0 Å². The van der Waals surface area contributed by atoms with Gasteiger partial charge in [-0.2, -0.15) is 0 Å². The van der Waals surface area contributed by atoms with Gasteiger partial charge in [-0.3, -0.25) is 38.4 Å². The molecule has 0 spiro atoms. The number of benzene rings is 4. The van der Waals surface area contributed by atoms with Crippen molar-refractivity contribution in [3.63, 3.8) is 0 Å². The Balaban J connectivity index is 1.55. The van der Waals surface area contributed by atoms with E-state index in [9.17, 15) is 38.4 Å². The van der Waals surface area contributed by atoms with Crippen molar-refractivity contribution in [2.24, 2.45) is 28.7 Å². The number of carbonyl (C=O) groups is 8. The summed E-state index contributed by atoms with van der Waals surface area (Å²) in [6.45, 7) is 1.49. The van der Waals surface area contributed by atoms with E-state index in [1.165, 1.54) is 89.1 Å². The summed E-state index contributed by atoms with van der Waals surface area (Å²) in [5.41, 5.74) is 30.0. The lowest BCUT2D eigenvalue weighted by Crippen LogP contribution is -2.44. The Morgan fingerprint density at radius 2 is 0.700 bits per heavy atom. The highest BCUT2D eigenvalue weighted by atomic mass is 16.5. The third-order valence-electron chi connectivity index (χ3n) is 12.8. The van der Waals surface area contributed by atoms with E-state index in [0.717, 1.165) is 0 Å². The Morgan fingerprint density at radius 3 is 1.00 bits per heavy atom. The van der Waals surface area contributed by atoms with Crippen LogP contribution in [-0.2, 0) is 19.2 Å². The molecule has 0 aliphatic rings. The summed E-state index contributed by atoms with van der Waals surface area (Å²) in [5, 5.41) is 19.4. The molecule has 0 radical (unpaired) electrons. The molecule has 0 aromatic heterocycles. The van der Waals surface area contributed by atoms with Crippen LogP contribution in [-0.4, -0.2) is 126 Å². The van der Waals surface area contributed by atoms with Gasteiger partial charge in [0, 0.05) is 22.7 Å². The third kappa shape index (κ3) is 19.6. The molecule has 24 nitrogen and oxygen atoms in total. The lowest BCUT2D eigenvalue weighted by Gasteiger charge is -2.22. The van der Waals surface area contributed by atoms with Crippen molar-refractivity contribution in [1.82, 2.24) is 16.0 Å². The lowest BCUT2D eigenvalue weighted by atomic mass is 10.1. The number of hydrogen-bond donors (Lipinski definition) is 12. The summed E-state index contributed by atoms with van der Waals surface area (Å²) >= 11 is 0. The molecule has 4 aromatic rings. The first-order valence-corrected chi connectivity index (χ1v) is 26.5. The minimum absolute atomic E-state index is 0.0199. The molecule has 80 heavy (non-hydrogen) atoms. The fourth-order valence-corrected chi connectivity index (χ4v) is 8.35. The summed E-state index contributed by atoms with van der Waals surface area (Å²) < 4.78 is 21.7. The zero-order valence-corrected chi connectivity index (χ0v) is 45.9. The third-order valence-corrected chi connectivity index (χ3v) is 12.8. The minimum Gasteiger partial charge on any atom is -0.496 e. The molecule has 7 amide bonds. The lowest BCUT2D eigenvalue weighted by molar-refractivity contribution is -0.118. The smallest absolute Gasteiger partial charge is 0.255 e. The van der Waals surface area contributed by atoms with Crippen LogP contribution in [0.4, 0.5) is 22.7 Å². The normalized spacial score (nSPS) is 12.3. The van der Waals surface area contributed by atoms with E-state index in [0.29, 0.717) is 102 Å². The Hall–Kier alpha value is -8.16. The van der Waals surface area contributed by atoms with Crippen LogP contribution in [0, 0.1) is 0 Å². The predicted molar refractivity (Wildman–Crippen MR) is 305 cm³/mol. The molecule has 0 fully saturated rings. The topological polar surface area (TPSA) is 388 Å². The number of amides is 7. The summed E-state index contributed by atoms with van der Waals surface area (Å²) in [7, 11) is 5.50. The van der Waals surface area contributed by atoms with Gasteiger partial charge in [0.1, 0.15) is 41.1 Å². The van der Waals surface area contributed by atoms with Crippen LogP contribution in [0.3, 0.4) is 0 Å². The van der Waals surface area contributed by atoms with Gasteiger partial charge in [0.2, 0.25) is 23.6 Å². The average molecular weight is 1110 g/mol. The molecule has 0 aliphatic carbocycles. The number of carbonyl (C=O) groups excluding carboxylic acids is 8. The Bertz CT molecular complexity index is 2740. The van der Waals surface area contributed by atoms with Crippen molar-refractivity contribution in [2.45, 2.75) is 101 Å². The molecular weight excluding hydrogens is 1030 g/mol. The average Bonchev–Trinajstić information content (AvgIpc) is 3.48. The maximum absolute atomic E-state index is 14.2. The summed E-state index contributed by atoms with van der Waals surface area (Å²) in [6.07, 6.45) is 5.97. The van der Waals surface area contributed by atoms with Gasteiger partial charge in [0.25, 0.3) is 17.7 Å². The molecule has 0 heterocycles. The second-order valence-electron chi connectivity index (χ2n) is 18.6. The Kier molecular flexibility index (Phi) is 27.3. The highest BCUT2D eigenvalue weighted by Crippen LogP contribution is 2.28. The van der Waals surface area contributed by atoms with Gasteiger partial charge >= 0.3 is 0 Å². The SMILES string of the molecule is COc1ccc(NC(=O)[C@H](CCCCN)NC(=O)c2cc(NC(=O)[C@H](CCCCN)NC(=O)c3cc(NC(=O)[C@H](CCCCN)NC(=O)c4cc(NC(=O)[C@@H](N)CCCCN)ccc4OC)ccc3OC)ccc2OC)cc1C=O. The van der Waals surface area contributed by atoms with Crippen molar-refractivity contribution in [3.05, 3.63) is 95.1 Å². The van der Waals surface area contributed by atoms with Crippen molar-refractivity contribution in [1.29, 1.82) is 0 Å². The maximum Gasteiger partial charge on any atom is 0.255 e. The second kappa shape index (κ2) is 34.0. The highest BCUT2D eigenvalue weighted by molar-refractivity contribution is 6.07. The number of hydrogen-bond acceptors (Lipinski definition) is 17. The van der Waals surface area contributed by atoms with E-state index in [1.807, 2.05) is 0 Å². The van der Waals surface area contributed by atoms with Crippen molar-refractivity contribution in [2.75, 3.05) is 75.9 Å². The summed E-state index contributed by atoms with van der Waals surface area (Å²) in [6, 6.07) is 13.6. The maximum atomic E-state index is 14.2. The fourth-order valence-electron chi connectivity index (χ4n) is 8.35. The zero-order chi connectivity index (χ0) is 58.6. The van der Waals surface area contributed by atoms with E-state index in [2.05, 4.69) is 37.2 Å². The van der Waals surface area contributed by atoms with Crippen molar-refractivity contribution in [3.8, 4) is 23.0 Å². The predicted octanol–water partition coefficient (Wildman–Crippen LogP) is 3.53. The zero-order valence-electron chi connectivity index (χ0n) is 45.9. The van der Waals surface area contributed by atoms with E-state index in [-0.39, 0.29) is 75.8 Å². The van der Waals surface area contributed by atoms with Crippen LogP contribution in [0.5, 0.6) is 23.0 Å². The molecule has 4 rings (SSSR count). The van der Waals surface area contributed by atoms with E-state index < -0.39 is 65.5 Å².